The van der Waals surface area contributed by atoms with Gasteiger partial charge in [0.2, 0.25) is 0 Å². The van der Waals surface area contributed by atoms with Crippen molar-refractivity contribution in [3.8, 4) is 0 Å². The molecule has 0 saturated heterocycles. The fraction of sp³-hybridized carbons (Fsp3) is 0.417. The van der Waals surface area contributed by atoms with Gasteiger partial charge in [-0.15, -0.1) is 0 Å². The molecule has 2 nitrogen and oxygen atoms in total. The first-order chi connectivity index (χ1) is 6.86. The summed E-state index contributed by atoms with van der Waals surface area (Å²) in [7, 11) is 0. The van der Waals surface area contributed by atoms with Crippen molar-refractivity contribution in [2.75, 3.05) is 6.54 Å². The monoisotopic (exact) mass is 225 g/mol. The number of rotatable bonds is 2. The molecule has 0 spiro atoms. The summed E-state index contributed by atoms with van der Waals surface area (Å²) in [6.07, 6.45) is 0. The molecule has 0 atom stereocenters. The zero-order valence-corrected chi connectivity index (χ0v) is 10.1. The number of benzene rings is 1. The van der Waals surface area contributed by atoms with E-state index in [1.54, 1.807) is 12.1 Å². The molecule has 0 amide bonds. The number of hydrogen-bond acceptors (Lipinski definition) is 2. The summed E-state index contributed by atoms with van der Waals surface area (Å²) >= 11 is 5.87. The van der Waals surface area contributed by atoms with Crippen molar-refractivity contribution in [3.63, 3.8) is 0 Å². The molecule has 0 fully saturated rings. The van der Waals surface area contributed by atoms with Crippen LogP contribution in [0.15, 0.2) is 18.2 Å². The standard InChI is InChI=1S/C12H16ClNO/c1-12(2,3)10-5-4-8(13)6-9(10)11(15)7-14/h4-6H,7,14H2,1-3H3. The molecule has 0 bridgehead atoms. The van der Waals surface area contributed by atoms with Gasteiger partial charge in [-0.25, -0.2) is 0 Å². The third-order valence-corrected chi connectivity index (χ3v) is 2.51. The van der Waals surface area contributed by atoms with Crippen LogP contribution in [0.3, 0.4) is 0 Å². The highest BCUT2D eigenvalue weighted by Gasteiger charge is 2.20. The third-order valence-electron chi connectivity index (χ3n) is 2.28. The zero-order chi connectivity index (χ0) is 11.6. The summed E-state index contributed by atoms with van der Waals surface area (Å²) in [4.78, 5) is 11.6. The van der Waals surface area contributed by atoms with Gasteiger partial charge in [-0.2, -0.15) is 0 Å². The van der Waals surface area contributed by atoms with Crippen LogP contribution in [0, 0.1) is 0 Å². The van der Waals surface area contributed by atoms with Gasteiger partial charge in [-0.1, -0.05) is 38.4 Å². The molecule has 0 aromatic heterocycles. The van der Waals surface area contributed by atoms with Crippen molar-refractivity contribution in [2.45, 2.75) is 26.2 Å². The number of carbonyl (C=O) groups excluding carboxylic acids is 1. The Morgan fingerprint density at radius 1 is 1.40 bits per heavy atom. The second-order valence-electron chi connectivity index (χ2n) is 4.57. The molecule has 0 radical (unpaired) electrons. The Morgan fingerprint density at radius 2 is 2.00 bits per heavy atom. The molecule has 1 aromatic carbocycles. The number of ketones is 1. The second kappa shape index (κ2) is 4.33. The molecule has 0 aliphatic rings. The van der Waals surface area contributed by atoms with Crippen LogP contribution in [0.1, 0.15) is 36.7 Å². The average Bonchev–Trinajstić information content (AvgIpc) is 2.14. The highest BCUT2D eigenvalue weighted by atomic mass is 35.5. The van der Waals surface area contributed by atoms with E-state index in [1.165, 1.54) is 0 Å². The molecule has 15 heavy (non-hydrogen) atoms. The van der Waals surface area contributed by atoms with E-state index in [4.69, 9.17) is 17.3 Å². The van der Waals surface area contributed by atoms with Crippen LogP contribution in [0.4, 0.5) is 0 Å². The van der Waals surface area contributed by atoms with Crippen molar-refractivity contribution in [3.05, 3.63) is 34.3 Å². The normalized spacial score (nSPS) is 11.5. The quantitative estimate of drug-likeness (QED) is 0.787. The van der Waals surface area contributed by atoms with Crippen LogP contribution >= 0.6 is 11.6 Å². The van der Waals surface area contributed by atoms with Crippen LogP contribution in [0.5, 0.6) is 0 Å². The average molecular weight is 226 g/mol. The summed E-state index contributed by atoms with van der Waals surface area (Å²) in [6, 6.07) is 5.39. The molecule has 1 rings (SSSR count). The van der Waals surface area contributed by atoms with E-state index in [0.29, 0.717) is 10.6 Å². The molecule has 0 aliphatic carbocycles. The molecule has 1 aromatic rings. The van der Waals surface area contributed by atoms with Crippen molar-refractivity contribution >= 4 is 17.4 Å². The molecule has 0 saturated carbocycles. The largest absolute Gasteiger partial charge is 0.324 e. The summed E-state index contributed by atoms with van der Waals surface area (Å²) in [5, 5.41) is 0.569. The molecule has 3 heteroatoms. The van der Waals surface area contributed by atoms with Crippen LogP contribution in [-0.2, 0) is 5.41 Å². The van der Waals surface area contributed by atoms with Crippen molar-refractivity contribution in [2.24, 2.45) is 5.73 Å². The van der Waals surface area contributed by atoms with E-state index in [2.05, 4.69) is 20.8 Å². The molecule has 0 aliphatic heterocycles. The first kappa shape index (κ1) is 12.2. The fourth-order valence-corrected chi connectivity index (χ4v) is 1.68. The lowest BCUT2D eigenvalue weighted by Crippen LogP contribution is -2.21. The van der Waals surface area contributed by atoms with Crippen LogP contribution in [0.25, 0.3) is 0 Å². The number of nitrogens with two attached hydrogens (primary N) is 1. The van der Waals surface area contributed by atoms with Crippen LogP contribution < -0.4 is 5.73 Å². The Labute approximate surface area is 95.4 Å². The van der Waals surface area contributed by atoms with Crippen LogP contribution in [0.2, 0.25) is 5.02 Å². The highest BCUT2D eigenvalue weighted by molar-refractivity contribution is 6.31. The maximum atomic E-state index is 11.6. The van der Waals surface area contributed by atoms with Gasteiger partial charge in [0.25, 0.3) is 0 Å². The minimum Gasteiger partial charge on any atom is -0.324 e. The molecule has 0 heterocycles. The lowest BCUT2D eigenvalue weighted by atomic mass is 9.82. The Balaban J connectivity index is 3.33. The van der Waals surface area contributed by atoms with E-state index in [1.807, 2.05) is 6.07 Å². The fourth-order valence-electron chi connectivity index (χ4n) is 1.51. The molecule has 82 valence electrons. The van der Waals surface area contributed by atoms with Gasteiger partial charge in [0.1, 0.15) is 0 Å². The first-order valence-electron chi connectivity index (χ1n) is 4.89. The minimum atomic E-state index is -0.0786. The summed E-state index contributed by atoms with van der Waals surface area (Å²) < 4.78 is 0. The van der Waals surface area contributed by atoms with E-state index in [0.717, 1.165) is 5.56 Å². The summed E-state index contributed by atoms with van der Waals surface area (Å²) in [5.74, 6) is -0.0672. The van der Waals surface area contributed by atoms with Gasteiger partial charge >= 0.3 is 0 Å². The van der Waals surface area contributed by atoms with Gasteiger partial charge < -0.3 is 5.73 Å². The maximum Gasteiger partial charge on any atom is 0.176 e. The Bertz CT molecular complexity index is 380. The van der Waals surface area contributed by atoms with Gasteiger partial charge in [-0.3, -0.25) is 4.79 Å². The Kier molecular flexibility index (Phi) is 3.53. The van der Waals surface area contributed by atoms with Crippen molar-refractivity contribution < 1.29 is 4.79 Å². The van der Waals surface area contributed by atoms with E-state index in [-0.39, 0.29) is 17.7 Å². The maximum absolute atomic E-state index is 11.6. The first-order valence-corrected chi connectivity index (χ1v) is 5.27. The number of hydrogen-bond donors (Lipinski definition) is 1. The molecular weight excluding hydrogens is 210 g/mol. The lowest BCUT2D eigenvalue weighted by molar-refractivity contribution is 0.0999. The number of Topliss-reactive ketones (excluding diaryl/α,β-unsaturated/α-hetero) is 1. The van der Waals surface area contributed by atoms with E-state index in [9.17, 15) is 4.79 Å². The minimum absolute atomic E-state index is 0.0173. The molecular formula is C12H16ClNO. The molecule has 0 unspecified atom stereocenters. The van der Waals surface area contributed by atoms with E-state index >= 15 is 0 Å². The number of carbonyl (C=O) groups is 1. The topological polar surface area (TPSA) is 43.1 Å². The SMILES string of the molecule is CC(C)(C)c1ccc(Cl)cc1C(=O)CN. The second-order valence-corrected chi connectivity index (χ2v) is 5.00. The zero-order valence-electron chi connectivity index (χ0n) is 9.30. The van der Waals surface area contributed by atoms with Gasteiger partial charge in [0.05, 0.1) is 6.54 Å². The summed E-state index contributed by atoms with van der Waals surface area (Å²) in [6.45, 7) is 6.19. The van der Waals surface area contributed by atoms with Crippen molar-refractivity contribution in [1.29, 1.82) is 0 Å². The number of halogens is 1. The lowest BCUT2D eigenvalue weighted by Gasteiger charge is -2.22. The molecule has 2 N–H and O–H groups in total. The third kappa shape index (κ3) is 2.80. The summed E-state index contributed by atoms with van der Waals surface area (Å²) in [5.41, 5.74) is 6.92. The Hall–Kier alpha value is -0.860. The van der Waals surface area contributed by atoms with Crippen molar-refractivity contribution in [1.82, 2.24) is 0 Å². The Morgan fingerprint density at radius 3 is 2.47 bits per heavy atom. The van der Waals surface area contributed by atoms with E-state index < -0.39 is 0 Å². The van der Waals surface area contributed by atoms with Crippen LogP contribution in [-0.4, -0.2) is 12.3 Å². The van der Waals surface area contributed by atoms with Gasteiger partial charge in [-0.05, 0) is 23.1 Å². The smallest absolute Gasteiger partial charge is 0.176 e. The predicted molar refractivity (Wildman–Crippen MR) is 63.5 cm³/mol. The van der Waals surface area contributed by atoms with Gasteiger partial charge in [0, 0.05) is 10.6 Å². The highest BCUT2D eigenvalue weighted by Crippen LogP contribution is 2.28. The predicted octanol–water partition coefficient (Wildman–Crippen LogP) is 2.78. The van der Waals surface area contributed by atoms with Gasteiger partial charge in [0.15, 0.2) is 5.78 Å².